The Bertz CT molecular complexity index is 421. The molecule has 114 valence electrons. The Morgan fingerprint density at radius 1 is 1.20 bits per heavy atom. The molecule has 0 unspecified atom stereocenters. The van der Waals surface area contributed by atoms with E-state index < -0.39 is 12.7 Å². The molecule has 0 aliphatic heterocycles. The number of aliphatic hydroxyl groups is 1. The largest absolute Gasteiger partial charge is 0.492 e. The normalized spacial score (nSPS) is 11.9. The second-order valence-corrected chi connectivity index (χ2v) is 4.73. The van der Waals surface area contributed by atoms with Gasteiger partial charge in [0.1, 0.15) is 12.4 Å². The van der Waals surface area contributed by atoms with E-state index in [1.54, 1.807) is 0 Å². The van der Waals surface area contributed by atoms with Crippen LogP contribution in [0.2, 0.25) is 0 Å². The fourth-order valence-electron chi connectivity index (χ4n) is 1.81. The average Bonchev–Trinajstić information content (AvgIpc) is 2.32. The van der Waals surface area contributed by atoms with Crippen LogP contribution < -0.4 is 4.74 Å². The molecule has 0 saturated heterocycles. The van der Waals surface area contributed by atoms with E-state index in [-0.39, 0.29) is 26.3 Å². The number of hydrogen-bond donors (Lipinski definition) is 1. The van der Waals surface area contributed by atoms with Crippen LogP contribution >= 0.6 is 0 Å². The molecular formula is C14H20F3NO2. The number of benzene rings is 1. The van der Waals surface area contributed by atoms with E-state index in [1.165, 1.54) is 0 Å². The summed E-state index contributed by atoms with van der Waals surface area (Å²) in [5.74, 6) is 0.681. The molecule has 6 heteroatoms. The van der Waals surface area contributed by atoms with Gasteiger partial charge in [-0.15, -0.1) is 0 Å². The van der Waals surface area contributed by atoms with Crippen LogP contribution in [-0.4, -0.2) is 49.0 Å². The molecule has 20 heavy (non-hydrogen) atoms. The molecule has 0 radical (unpaired) electrons. The van der Waals surface area contributed by atoms with Crippen molar-refractivity contribution in [3.8, 4) is 5.75 Å². The van der Waals surface area contributed by atoms with Crippen LogP contribution in [-0.2, 0) is 0 Å². The first kappa shape index (κ1) is 16.8. The van der Waals surface area contributed by atoms with E-state index in [0.717, 1.165) is 16.0 Å². The number of aliphatic hydroxyl groups excluding tert-OH is 1. The lowest BCUT2D eigenvalue weighted by Gasteiger charge is -2.22. The molecule has 1 N–H and O–H groups in total. The van der Waals surface area contributed by atoms with Crippen LogP contribution in [0.25, 0.3) is 0 Å². The van der Waals surface area contributed by atoms with Gasteiger partial charge in [0.15, 0.2) is 0 Å². The molecule has 1 aromatic rings. The second-order valence-electron chi connectivity index (χ2n) is 4.73. The molecule has 0 heterocycles. The van der Waals surface area contributed by atoms with Crippen molar-refractivity contribution in [2.45, 2.75) is 20.0 Å². The molecule has 0 fully saturated rings. The third kappa shape index (κ3) is 6.25. The quantitative estimate of drug-likeness (QED) is 0.838. The van der Waals surface area contributed by atoms with E-state index in [2.05, 4.69) is 0 Å². The second kappa shape index (κ2) is 7.50. The summed E-state index contributed by atoms with van der Waals surface area (Å²) < 4.78 is 42.5. The number of ether oxygens (including phenoxy) is 1. The Morgan fingerprint density at radius 2 is 1.90 bits per heavy atom. The average molecular weight is 291 g/mol. The van der Waals surface area contributed by atoms with Crippen molar-refractivity contribution in [2.24, 2.45) is 0 Å². The molecule has 1 rings (SSSR count). The summed E-state index contributed by atoms with van der Waals surface area (Å²) in [6.45, 7) is 2.72. The first-order valence-corrected chi connectivity index (χ1v) is 6.42. The lowest BCUT2D eigenvalue weighted by molar-refractivity contribution is -0.147. The number of hydrogen-bond acceptors (Lipinski definition) is 3. The summed E-state index contributed by atoms with van der Waals surface area (Å²) in [6, 6.07) is 5.71. The van der Waals surface area contributed by atoms with Gasteiger partial charge in [-0.3, -0.25) is 4.90 Å². The van der Waals surface area contributed by atoms with Crippen molar-refractivity contribution >= 4 is 0 Å². The van der Waals surface area contributed by atoms with Gasteiger partial charge >= 0.3 is 6.18 Å². The standard InChI is InChI=1S/C14H20F3NO2/c1-11-3-4-12(2)13(9-11)20-8-6-18(5-7-19)10-14(15,16)17/h3-4,9,19H,5-8,10H2,1-2H3. The Labute approximate surface area is 117 Å². The van der Waals surface area contributed by atoms with Gasteiger partial charge in [-0.1, -0.05) is 12.1 Å². The zero-order chi connectivity index (χ0) is 15.2. The van der Waals surface area contributed by atoms with Gasteiger partial charge in [-0.25, -0.2) is 0 Å². The topological polar surface area (TPSA) is 32.7 Å². The lowest BCUT2D eigenvalue weighted by atomic mass is 10.1. The monoisotopic (exact) mass is 291 g/mol. The molecule has 0 amide bonds. The molecule has 0 aromatic heterocycles. The van der Waals surface area contributed by atoms with Gasteiger partial charge in [0.2, 0.25) is 0 Å². The minimum absolute atomic E-state index is 0.0182. The maximum absolute atomic E-state index is 12.3. The summed E-state index contributed by atoms with van der Waals surface area (Å²) in [5, 5.41) is 8.78. The number of halogens is 3. The zero-order valence-corrected chi connectivity index (χ0v) is 11.7. The van der Waals surface area contributed by atoms with Crippen molar-refractivity contribution in [3.63, 3.8) is 0 Å². The van der Waals surface area contributed by atoms with Gasteiger partial charge in [-0.2, -0.15) is 13.2 Å². The van der Waals surface area contributed by atoms with Crippen LogP contribution in [0.4, 0.5) is 13.2 Å². The van der Waals surface area contributed by atoms with E-state index in [1.807, 2.05) is 32.0 Å². The summed E-state index contributed by atoms with van der Waals surface area (Å²) in [4.78, 5) is 1.13. The van der Waals surface area contributed by atoms with Crippen molar-refractivity contribution in [3.05, 3.63) is 29.3 Å². The Balaban J connectivity index is 2.49. The molecule has 0 aliphatic carbocycles. The maximum Gasteiger partial charge on any atom is 0.401 e. The predicted octanol–water partition coefficient (Wildman–Crippen LogP) is 2.54. The highest BCUT2D eigenvalue weighted by Gasteiger charge is 2.30. The number of rotatable bonds is 7. The molecule has 0 saturated carbocycles. The minimum atomic E-state index is -4.27. The van der Waals surface area contributed by atoms with Crippen LogP contribution in [0.1, 0.15) is 11.1 Å². The fraction of sp³-hybridized carbons (Fsp3) is 0.571. The van der Waals surface area contributed by atoms with Crippen molar-refractivity contribution in [1.29, 1.82) is 0 Å². The van der Waals surface area contributed by atoms with Crippen LogP contribution in [0, 0.1) is 13.8 Å². The Kier molecular flexibility index (Phi) is 6.29. The Hall–Kier alpha value is -1.27. The summed E-state index contributed by atoms with van der Waals surface area (Å²) >= 11 is 0. The van der Waals surface area contributed by atoms with E-state index in [0.29, 0.717) is 5.75 Å². The third-order valence-electron chi connectivity index (χ3n) is 2.83. The van der Waals surface area contributed by atoms with Gasteiger partial charge in [-0.05, 0) is 31.0 Å². The summed E-state index contributed by atoms with van der Waals surface area (Å²) in [5.41, 5.74) is 1.98. The fourth-order valence-corrected chi connectivity index (χ4v) is 1.81. The lowest BCUT2D eigenvalue weighted by Crippen LogP contribution is -2.38. The first-order chi connectivity index (χ1) is 9.31. The number of aryl methyl sites for hydroxylation is 2. The molecule has 0 spiro atoms. The smallest absolute Gasteiger partial charge is 0.401 e. The van der Waals surface area contributed by atoms with Crippen molar-refractivity contribution in [2.75, 3.05) is 32.8 Å². The van der Waals surface area contributed by atoms with E-state index >= 15 is 0 Å². The molecular weight excluding hydrogens is 271 g/mol. The molecule has 1 aromatic carbocycles. The number of alkyl halides is 3. The van der Waals surface area contributed by atoms with Crippen molar-refractivity contribution in [1.82, 2.24) is 4.90 Å². The first-order valence-electron chi connectivity index (χ1n) is 6.42. The summed E-state index contributed by atoms with van der Waals surface area (Å²) in [6.07, 6.45) is -4.27. The zero-order valence-electron chi connectivity index (χ0n) is 11.7. The van der Waals surface area contributed by atoms with Crippen LogP contribution in [0.5, 0.6) is 5.75 Å². The molecule has 0 bridgehead atoms. The van der Waals surface area contributed by atoms with Crippen LogP contribution in [0.3, 0.4) is 0 Å². The van der Waals surface area contributed by atoms with Gasteiger partial charge < -0.3 is 9.84 Å². The van der Waals surface area contributed by atoms with E-state index in [4.69, 9.17) is 9.84 Å². The number of nitrogens with zero attached hydrogens (tertiary/aromatic N) is 1. The van der Waals surface area contributed by atoms with Crippen LogP contribution in [0.15, 0.2) is 18.2 Å². The van der Waals surface area contributed by atoms with Gasteiger partial charge in [0.05, 0.1) is 13.2 Å². The van der Waals surface area contributed by atoms with Gasteiger partial charge in [0, 0.05) is 13.1 Å². The van der Waals surface area contributed by atoms with Gasteiger partial charge in [0.25, 0.3) is 0 Å². The third-order valence-corrected chi connectivity index (χ3v) is 2.83. The minimum Gasteiger partial charge on any atom is -0.492 e. The highest BCUT2D eigenvalue weighted by atomic mass is 19.4. The van der Waals surface area contributed by atoms with E-state index in [9.17, 15) is 13.2 Å². The molecule has 3 nitrogen and oxygen atoms in total. The highest BCUT2D eigenvalue weighted by molar-refractivity contribution is 5.35. The van der Waals surface area contributed by atoms with Crippen molar-refractivity contribution < 1.29 is 23.0 Å². The molecule has 0 aliphatic rings. The predicted molar refractivity (Wildman–Crippen MR) is 71.0 cm³/mol. The molecule has 0 atom stereocenters. The summed E-state index contributed by atoms with van der Waals surface area (Å²) in [7, 11) is 0. The Morgan fingerprint density at radius 3 is 2.50 bits per heavy atom. The SMILES string of the molecule is Cc1ccc(C)c(OCCN(CCO)CC(F)(F)F)c1. The highest BCUT2D eigenvalue weighted by Crippen LogP contribution is 2.19. The maximum atomic E-state index is 12.3.